The van der Waals surface area contributed by atoms with E-state index in [0.717, 1.165) is 22.4 Å². The second-order valence-electron chi connectivity index (χ2n) is 6.58. The Morgan fingerprint density at radius 1 is 0.741 bits per heavy atom. The Hall–Kier alpha value is -2.74. The summed E-state index contributed by atoms with van der Waals surface area (Å²) in [5.74, 6) is 0.528. The van der Waals surface area contributed by atoms with E-state index in [1.54, 1.807) is 0 Å². The van der Waals surface area contributed by atoms with Gasteiger partial charge in [-0.25, -0.2) is 0 Å². The molecule has 0 fully saturated rings. The lowest BCUT2D eigenvalue weighted by Crippen LogP contribution is -2.28. The van der Waals surface area contributed by atoms with E-state index in [0.29, 0.717) is 0 Å². The molecule has 0 aromatic heterocycles. The predicted octanol–water partition coefficient (Wildman–Crippen LogP) is 5.69. The van der Waals surface area contributed by atoms with Crippen molar-refractivity contribution in [3.05, 3.63) is 114 Å². The highest BCUT2D eigenvalue weighted by Crippen LogP contribution is 2.50. The van der Waals surface area contributed by atoms with Crippen LogP contribution in [0.4, 0.5) is 0 Å². The summed E-state index contributed by atoms with van der Waals surface area (Å²) < 4.78 is 18.7. The first-order chi connectivity index (χ1) is 13.2. The van der Waals surface area contributed by atoms with Crippen LogP contribution < -0.4 is 0 Å². The van der Waals surface area contributed by atoms with Gasteiger partial charge in [-0.1, -0.05) is 91.0 Å². The van der Waals surface area contributed by atoms with Crippen LogP contribution in [-0.2, 0) is 9.30 Å². The van der Waals surface area contributed by atoms with Crippen molar-refractivity contribution in [1.82, 2.24) is 0 Å². The average Bonchev–Trinajstić information content (AvgIpc) is 2.74. The summed E-state index contributed by atoms with van der Waals surface area (Å²) in [6.07, 6.45) is 1.49. The third-order valence-corrected chi connectivity index (χ3v) is 5.99. The summed E-state index contributed by atoms with van der Waals surface area (Å²) >= 11 is 0. The number of benzene rings is 3. The summed E-state index contributed by atoms with van der Waals surface area (Å²) in [6.45, 7) is 0. The third kappa shape index (κ3) is 3.71. The van der Waals surface area contributed by atoms with Crippen LogP contribution in [0.15, 0.2) is 97.1 Å². The molecular weight excluding hydrogens is 355 g/mol. The van der Waals surface area contributed by atoms with Gasteiger partial charge < -0.3 is 4.74 Å². The van der Waals surface area contributed by atoms with E-state index in [2.05, 4.69) is 0 Å². The molecule has 0 saturated carbocycles. The minimum absolute atomic E-state index is 0.214. The van der Waals surface area contributed by atoms with Crippen LogP contribution in [0.1, 0.15) is 28.7 Å². The Morgan fingerprint density at radius 2 is 1.26 bits per heavy atom. The fraction of sp³-hybridized carbons (Fsp3) is 0.130. The Bertz CT molecular complexity index is 939. The van der Waals surface area contributed by atoms with E-state index in [1.165, 1.54) is 0 Å². The van der Waals surface area contributed by atoms with Gasteiger partial charge >= 0.3 is 8.03 Å². The summed E-state index contributed by atoms with van der Waals surface area (Å²) in [6, 6.07) is 29.5. The van der Waals surface area contributed by atoms with Crippen LogP contribution in [0.25, 0.3) is 5.76 Å². The van der Waals surface area contributed by atoms with Gasteiger partial charge in [-0.3, -0.25) is 0 Å². The molecule has 1 aliphatic rings. The first kappa shape index (κ1) is 17.7. The number of allylic oxidation sites excluding steroid dienone is 1. The number of hydrogen-bond acceptors (Lipinski definition) is 2. The summed E-state index contributed by atoms with van der Waals surface area (Å²) in [7, 11) is -2.45. The van der Waals surface area contributed by atoms with E-state index in [9.17, 15) is 9.46 Å². The van der Waals surface area contributed by atoms with Gasteiger partial charge in [-0.15, -0.1) is 0 Å². The first-order valence-corrected chi connectivity index (χ1v) is 10.2. The largest absolute Gasteiger partial charge is 0.514 e. The topological polar surface area (TPSA) is 46.5 Å². The number of rotatable bonds is 4. The fourth-order valence-electron chi connectivity index (χ4n) is 3.59. The molecule has 4 heteroatoms. The van der Waals surface area contributed by atoms with Crippen molar-refractivity contribution < 1.29 is 14.2 Å². The molecule has 0 amide bonds. The summed E-state index contributed by atoms with van der Waals surface area (Å²) in [5, 5.41) is 0. The Kier molecular flexibility index (Phi) is 5.15. The van der Waals surface area contributed by atoms with Gasteiger partial charge in [0.1, 0.15) is 5.76 Å². The van der Waals surface area contributed by atoms with E-state index in [1.807, 2.05) is 97.1 Å². The van der Waals surface area contributed by atoms with Gasteiger partial charge in [0.2, 0.25) is 5.66 Å². The van der Waals surface area contributed by atoms with Crippen LogP contribution >= 0.6 is 8.03 Å². The van der Waals surface area contributed by atoms with E-state index in [-0.39, 0.29) is 5.92 Å². The monoisotopic (exact) mass is 375 g/mol. The molecule has 27 heavy (non-hydrogen) atoms. The quantitative estimate of drug-likeness (QED) is 0.596. The highest BCUT2D eigenvalue weighted by Gasteiger charge is 2.49. The van der Waals surface area contributed by atoms with Crippen molar-refractivity contribution in [2.24, 2.45) is 0 Å². The number of ether oxygens (including phenoxy) is 1. The molecule has 3 aromatic rings. The third-order valence-electron chi connectivity index (χ3n) is 4.89. The lowest BCUT2D eigenvalue weighted by Gasteiger charge is -2.31. The van der Waals surface area contributed by atoms with Crippen molar-refractivity contribution in [2.45, 2.75) is 17.7 Å². The van der Waals surface area contributed by atoms with E-state index >= 15 is 0 Å². The van der Waals surface area contributed by atoms with Gasteiger partial charge in [0.15, 0.2) is 6.10 Å². The van der Waals surface area contributed by atoms with Gasteiger partial charge in [0, 0.05) is 5.56 Å². The van der Waals surface area contributed by atoms with Crippen LogP contribution in [-0.4, -0.2) is 10.6 Å². The first-order valence-electron chi connectivity index (χ1n) is 8.93. The van der Waals surface area contributed by atoms with Crippen molar-refractivity contribution in [3.63, 3.8) is 0 Å². The fourth-order valence-corrected chi connectivity index (χ4v) is 4.59. The lowest BCUT2D eigenvalue weighted by atomic mass is 9.86. The molecule has 4 unspecified atom stereocenters. The summed E-state index contributed by atoms with van der Waals surface area (Å²) in [5.41, 5.74) is 2.32. The maximum atomic E-state index is 12.4. The molecule has 0 aliphatic carbocycles. The molecule has 3 nitrogen and oxygen atoms in total. The Morgan fingerprint density at radius 3 is 1.81 bits per heavy atom. The maximum absolute atomic E-state index is 12.4. The van der Waals surface area contributed by atoms with Crippen LogP contribution in [0, 0.1) is 0 Å². The maximum Gasteiger partial charge on any atom is 0.514 e. The zero-order valence-electron chi connectivity index (χ0n) is 14.7. The van der Waals surface area contributed by atoms with Crippen molar-refractivity contribution in [2.75, 3.05) is 0 Å². The van der Waals surface area contributed by atoms with Gasteiger partial charge in [-0.05, 0) is 21.8 Å². The molecule has 1 N–H and O–H groups in total. The molecule has 3 aromatic carbocycles. The normalized spacial score (nSPS) is 22.5. The van der Waals surface area contributed by atoms with E-state index < -0.39 is 19.8 Å². The molecule has 1 aliphatic heterocycles. The molecule has 0 saturated heterocycles. The molecular formula is C23H20O3P+. The second-order valence-corrected chi connectivity index (χ2v) is 7.78. The molecule has 1 heterocycles. The molecule has 134 valence electrons. The molecule has 0 spiro atoms. The van der Waals surface area contributed by atoms with E-state index in [4.69, 9.17) is 4.74 Å². The highest BCUT2D eigenvalue weighted by molar-refractivity contribution is 7.39. The summed E-state index contributed by atoms with van der Waals surface area (Å²) in [4.78, 5) is 10.2. The molecule has 4 rings (SSSR count). The van der Waals surface area contributed by atoms with Gasteiger partial charge in [0.25, 0.3) is 0 Å². The standard InChI is InChI=1S/C23H19O3P/c24-27(25)23-20(17-10-4-1-5-11-17)16-21(18-12-6-2-7-13-18)26-22(23)19-14-8-3-9-15-19/h1-16,20,22-23H/p+1. The Balaban J connectivity index is 1.86. The Labute approximate surface area is 159 Å². The number of hydrogen-bond donors (Lipinski definition) is 1. The smallest absolute Gasteiger partial charge is 0.480 e. The van der Waals surface area contributed by atoms with Crippen molar-refractivity contribution >= 4 is 13.8 Å². The van der Waals surface area contributed by atoms with Crippen molar-refractivity contribution in [1.29, 1.82) is 0 Å². The van der Waals surface area contributed by atoms with Crippen molar-refractivity contribution in [3.8, 4) is 0 Å². The zero-order chi connectivity index (χ0) is 18.6. The zero-order valence-corrected chi connectivity index (χ0v) is 15.6. The van der Waals surface area contributed by atoms with Crippen LogP contribution in [0.3, 0.4) is 0 Å². The van der Waals surface area contributed by atoms with Gasteiger partial charge in [-0.2, -0.15) is 4.89 Å². The SMILES string of the molecule is O=[P+](O)C1C(c2ccccc2)C=C(c2ccccc2)OC1c1ccccc1. The average molecular weight is 375 g/mol. The minimum atomic E-state index is -2.45. The molecule has 0 radical (unpaired) electrons. The highest BCUT2D eigenvalue weighted by atomic mass is 31.1. The van der Waals surface area contributed by atoms with Gasteiger partial charge in [0.05, 0.1) is 5.92 Å². The van der Waals surface area contributed by atoms with Crippen LogP contribution in [0.2, 0.25) is 0 Å². The minimum Gasteiger partial charge on any atom is -0.480 e. The second kappa shape index (κ2) is 7.87. The lowest BCUT2D eigenvalue weighted by molar-refractivity contribution is 0.141. The van der Waals surface area contributed by atoms with Crippen LogP contribution in [0.5, 0.6) is 0 Å². The molecule has 4 atom stereocenters. The predicted molar refractivity (Wildman–Crippen MR) is 107 cm³/mol. The molecule has 0 bridgehead atoms.